The molecule has 1 aliphatic carbocycles. The standard InChI is InChI=1S/C11H23NO/c1-10(2)12-7-4-8-13-9-11-5-3-6-11/h10-12H,3-9H2,1-2H3. The highest BCUT2D eigenvalue weighted by molar-refractivity contribution is 4.68. The first-order valence-electron chi connectivity index (χ1n) is 5.60. The number of rotatable bonds is 7. The van der Waals surface area contributed by atoms with Crippen LogP contribution in [0, 0.1) is 5.92 Å². The van der Waals surface area contributed by atoms with Crippen LogP contribution in [0.1, 0.15) is 39.5 Å². The van der Waals surface area contributed by atoms with Crippen molar-refractivity contribution in [2.24, 2.45) is 5.92 Å². The van der Waals surface area contributed by atoms with Crippen LogP contribution in [0.25, 0.3) is 0 Å². The van der Waals surface area contributed by atoms with Gasteiger partial charge >= 0.3 is 0 Å². The number of nitrogens with one attached hydrogen (secondary N) is 1. The van der Waals surface area contributed by atoms with Gasteiger partial charge in [-0.25, -0.2) is 0 Å². The van der Waals surface area contributed by atoms with Crippen LogP contribution in [0.15, 0.2) is 0 Å². The highest BCUT2D eigenvalue weighted by atomic mass is 16.5. The maximum atomic E-state index is 5.58. The molecule has 0 heterocycles. The van der Waals surface area contributed by atoms with Crippen LogP contribution in [-0.2, 0) is 4.74 Å². The molecule has 2 nitrogen and oxygen atoms in total. The monoisotopic (exact) mass is 185 g/mol. The van der Waals surface area contributed by atoms with Crippen molar-refractivity contribution in [2.75, 3.05) is 19.8 Å². The third-order valence-electron chi connectivity index (χ3n) is 2.60. The third-order valence-corrected chi connectivity index (χ3v) is 2.60. The number of hydrogen-bond donors (Lipinski definition) is 1. The average molecular weight is 185 g/mol. The molecule has 0 amide bonds. The number of ether oxygens (including phenoxy) is 1. The highest BCUT2D eigenvalue weighted by Gasteiger charge is 2.16. The summed E-state index contributed by atoms with van der Waals surface area (Å²) in [7, 11) is 0. The molecule has 78 valence electrons. The largest absolute Gasteiger partial charge is 0.381 e. The second-order valence-electron chi connectivity index (χ2n) is 4.33. The third kappa shape index (κ3) is 5.27. The first-order chi connectivity index (χ1) is 6.29. The molecule has 0 unspecified atom stereocenters. The van der Waals surface area contributed by atoms with Crippen molar-refractivity contribution in [3.05, 3.63) is 0 Å². The van der Waals surface area contributed by atoms with Gasteiger partial charge < -0.3 is 10.1 Å². The summed E-state index contributed by atoms with van der Waals surface area (Å²) in [5.74, 6) is 0.887. The molecule has 0 spiro atoms. The van der Waals surface area contributed by atoms with E-state index in [1.807, 2.05) is 0 Å². The lowest BCUT2D eigenvalue weighted by molar-refractivity contribution is 0.0688. The van der Waals surface area contributed by atoms with Gasteiger partial charge in [0.2, 0.25) is 0 Å². The van der Waals surface area contributed by atoms with Crippen LogP contribution in [-0.4, -0.2) is 25.8 Å². The molecule has 1 N–H and O–H groups in total. The molecule has 0 bridgehead atoms. The van der Waals surface area contributed by atoms with Crippen molar-refractivity contribution in [2.45, 2.75) is 45.6 Å². The zero-order chi connectivity index (χ0) is 9.52. The topological polar surface area (TPSA) is 21.3 Å². The summed E-state index contributed by atoms with van der Waals surface area (Å²) in [5.41, 5.74) is 0. The summed E-state index contributed by atoms with van der Waals surface area (Å²) in [6.45, 7) is 7.37. The predicted molar refractivity (Wildman–Crippen MR) is 55.9 cm³/mol. The molecule has 1 fully saturated rings. The zero-order valence-corrected chi connectivity index (χ0v) is 9.01. The maximum absolute atomic E-state index is 5.58. The van der Waals surface area contributed by atoms with Crippen molar-refractivity contribution in [3.8, 4) is 0 Å². The van der Waals surface area contributed by atoms with Crippen LogP contribution in [0.3, 0.4) is 0 Å². The van der Waals surface area contributed by atoms with E-state index < -0.39 is 0 Å². The fourth-order valence-corrected chi connectivity index (χ4v) is 1.47. The van der Waals surface area contributed by atoms with Crippen LogP contribution >= 0.6 is 0 Å². The smallest absolute Gasteiger partial charge is 0.0494 e. The molecule has 0 saturated heterocycles. The van der Waals surface area contributed by atoms with Crippen molar-refractivity contribution >= 4 is 0 Å². The second-order valence-corrected chi connectivity index (χ2v) is 4.33. The molecule has 2 heteroatoms. The predicted octanol–water partition coefficient (Wildman–Crippen LogP) is 2.19. The minimum atomic E-state index is 0.603. The molecule has 0 aromatic heterocycles. The van der Waals surface area contributed by atoms with Crippen LogP contribution in [0.5, 0.6) is 0 Å². The van der Waals surface area contributed by atoms with Gasteiger partial charge in [0.25, 0.3) is 0 Å². The van der Waals surface area contributed by atoms with Gasteiger partial charge in [-0.1, -0.05) is 20.3 Å². The normalized spacial score (nSPS) is 17.8. The minimum Gasteiger partial charge on any atom is -0.381 e. The summed E-state index contributed by atoms with van der Waals surface area (Å²) in [5, 5.41) is 3.38. The molecule has 1 saturated carbocycles. The number of hydrogen-bond acceptors (Lipinski definition) is 2. The summed E-state index contributed by atoms with van der Waals surface area (Å²) >= 11 is 0. The van der Waals surface area contributed by atoms with E-state index in [4.69, 9.17) is 4.74 Å². The highest BCUT2D eigenvalue weighted by Crippen LogP contribution is 2.26. The maximum Gasteiger partial charge on any atom is 0.0494 e. The van der Waals surface area contributed by atoms with Gasteiger partial charge in [0.05, 0.1) is 0 Å². The van der Waals surface area contributed by atoms with Crippen molar-refractivity contribution in [1.29, 1.82) is 0 Å². The Kier molecular flexibility index (Phi) is 5.40. The molecule has 0 radical (unpaired) electrons. The minimum absolute atomic E-state index is 0.603. The molecule has 0 atom stereocenters. The van der Waals surface area contributed by atoms with Crippen molar-refractivity contribution in [1.82, 2.24) is 5.32 Å². The lowest BCUT2D eigenvalue weighted by Crippen LogP contribution is -2.25. The van der Waals surface area contributed by atoms with Gasteiger partial charge in [0.15, 0.2) is 0 Å². The second kappa shape index (κ2) is 6.39. The first-order valence-corrected chi connectivity index (χ1v) is 5.60. The molecular formula is C11H23NO. The van der Waals surface area contributed by atoms with Gasteiger partial charge in [-0.3, -0.25) is 0 Å². The fraction of sp³-hybridized carbons (Fsp3) is 1.00. The summed E-state index contributed by atoms with van der Waals surface area (Å²) in [6, 6.07) is 0.603. The fourth-order valence-electron chi connectivity index (χ4n) is 1.47. The Morgan fingerprint density at radius 1 is 1.38 bits per heavy atom. The van der Waals surface area contributed by atoms with Gasteiger partial charge in [0.1, 0.15) is 0 Å². The Balaban J connectivity index is 1.73. The van der Waals surface area contributed by atoms with E-state index in [9.17, 15) is 0 Å². The van der Waals surface area contributed by atoms with Crippen LogP contribution < -0.4 is 5.32 Å². The molecule has 1 rings (SSSR count). The van der Waals surface area contributed by atoms with E-state index in [-0.39, 0.29) is 0 Å². The van der Waals surface area contributed by atoms with E-state index >= 15 is 0 Å². The molecule has 13 heavy (non-hydrogen) atoms. The van der Waals surface area contributed by atoms with Gasteiger partial charge in [-0.2, -0.15) is 0 Å². The molecule has 0 aromatic rings. The van der Waals surface area contributed by atoms with Crippen molar-refractivity contribution in [3.63, 3.8) is 0 Å². The lowest BCUT2D eigenvalue weighted by Gasteiger charge is -2.24. The van der Waals surface area contributed by atoms with Crippen LogP contribution in [0.4, 0.5) is 0 Å². The average Bonchev–Trinajstić information content (AvgIpc) is 1.99. The Morgan fingerprint density at radius 2 is 2.15 bits per heavy atom. The van der Waals surface area contributed by atoms with Gasteiger partial charge in [0, 0.05) is 19.3 Å². The summed E-state index contributed by atoms with van der Waals surface area (Å²) < 4.78 is 5.58. The van der Waals surface area contributed by atoms with Crippen molar-refractivity contribution < 1.29 is 4.74 Å². The first kappa shape index (κ1) is 11.0. The summed E-state index contributed by atoms with van der Waals surface area (Å²) in [4.78, 5) is 0. The van der Waals surface area contributed by atoms with Gasteiger partial charge in [-0.05, 0) is 31.7 Å². The summed E-state index contributed by atoms with van der Waals surface area (Å²) in [6.07, 6.45) is 5.35. The van der Waals surface area contributed by atoms with E-state index in [1.165, 1.54) is 19.3 Å². The molecule has 1 aliphatic rings. The van der Waals surface area contributed by atoms with Gasteiger partial charge in [-0.15, -0.1) is 0 Å². The van der Waals surface area contributed by atoms with E-state index in [0.29, 0.717) is 6.04 Å². The van der Waals surface area contributed by atoms with E-state index in [1.54, 1.807) is 0 Å². The molecular weight excluding hydrogens is 162 g/mol. The van der Waals surface area contributed by atoms with Crippen LogP contribution in [0.2, 0.25) is 0 Å². The Bertz CT molecular complexity index is 121. The quantitative estimate of drug-likeness (QED) is 0.614. The molecule has 0 aliphatic heterocycles. The van der Waals surface area contributed by atoms with E-state index in [0.717, 1.165) is 32.1 Å². The Morgan fingerprint density at radius 3 is 2.69 bits per heavy atom. The molecule has 0 aromatic carbocycles. The SMILES string of the molecule is CC(C)NCCCOCC1CCC1. The lowest BCUT2D eigenvalue weighted by atomic mass is 9.86. The Hall–Kier alpha value is -0.0800. The zero-order valence-electron chi connectivity index (χ0n) is 9.01. The van der Waals surface area contributed by atoms with E-state index in [2.05, 4.69) is 19.2 Å². The Labute approximate surface area is 82.0 Å².